The molecule has 6 heteroatoms. The average Bonchev–Trinajstić information content (AvgIpc) is 2.79. The van der Waals surface area contributed by atoms with Crippen LogP contribution in [0.2, 0.25) is 0 Å². The third kappa shape index (κ3) is 5.72. The highest BCUT2D eigenvalue weighted by Gasteiger charge is 2.17. The third-order valence-corrected chi connectivity index (χ3v) is 7.80. The van der Waals surface area contributed by atoms with Crippen molar-refractivity contribution in [3.8, 4) is 23.0 Å². The van der Waals surface area contributed by atoms with Crippen molar-refractivity contribution < 1.29 is 20.4 Å². The van der Waals surface area contributed by atoms with Gasteiger partial charge in [0.1, 0.15) is 23.0 Å². The largest absolute Gasteiger partial charge is 0.507 e. The van der Waals surface area contributed by atoms with Gasteiger partial charge in [0.2, 0.25) is 0 Å². The molecule has 0 heterocycles. The molecule has 0 aliphatic heterocycles. The van der Waals surface area contributed by atoms with E-state index in [1.54, 1.807) is 12.1 Å². The van der Waals surface area contributed by atoms with Crippen LogP contribution in [0.4, 0.5) is 0 Å². The second kappa shape index (κ2) is 10.2. The molecule has 4 rings (SSSR count). The number of hydrogen-bond acceptors (Lipinski definition) is 6. The molecule has 4 aromatic carbocycles. The summed E-state index contributed by atoms with van der Waals surface area (Å²) in [6, 6.07) is 18.4. The molecule has 0 saturated heterocycles. The molecule has 4 nitrogen and oxygen atoms in total. The summed E-state index contributed by atoms with van der Waals surface area (Å²) < 4.78 is 0. The lowest BCUT2D eigenvalue weighted by Gasteiger charge is -2.15. The summed E-state index contributed by atoms with van der Waals surface area (Å²) in [7, 11) is 0. The van der Waals surface area contributed by atoms with Crippen LogP contribution in [0, 0.1) is 27.7 Å². The van der Waals surface area contributed by atoms with E-state index in [0.29, 0.717) is 37.1 Å². The van der Waals surface area contributed by atoms with Crippen molar-refractivity contribution in [1.29, 1.82) is 0 Å². The molecule has 0 aliphatic rings. The van der Waals surface area contributed by atoms with Crippen LogP contribution in [0.25, 0.3) is 0 Å². The molecule has 0 aromatic heterocycles. The van der Waals surface area contributed by atoms with Gasteiger partial charge in [-0.15, -0.1) is 0 Å². The van der Waals surface area contributed by atoms with E-state index in [2.05, 4.69) is 0 Å². The van der Waals surface area contributed by atoms with Crippen molar-refractivity contribution in [2.24, 2.45) is 0 Å². The third-order valence-electron chi connectivity index (χ3n) is 5.65. The predicted molar refractivity (Wildman–Crippen MR) is 142 cm³/mol. The first kappa shape index (κ1) is 24.9. The second-order valence-corrected chi connectivity index (χ2v) is 11.0. The van der Waals surface area contributed by atoms with Gasteiger partial charge in [0, 0.05) is 6.42 Å². The SMILES string of the molecule is Cc1ccc(O)c(Sc2cc(C)cc(Cc3cc(C)cc(Sc4cc(C)ccc4O)c3O)c2O)c1. The summed E-state index contributed by atoms with van der Waals surface area (Å²) >= 11 is 2.63. The Hall–Kier alpha value is -3.22. The first-order valence-corrected chi connectivity index (χ1v) is 12.8. The summed E-state index contributed by atoms with van der Waals surface area (Å²) in [5, 5.41) is 42.7. The monoisotopic (exact) mass is 504 g/mol. The van der Waals surface area contributed by atoms with Gasteiger partial charge in [0.25, 0.3) is 0 Å². The maximum Gasteiger partial charge on any atom is 0.133 e. The normalized spacial score (nSPS) is 11.1. The summed E-state index contributed by atoms with van der Waals surface area (Å²) in [6.45, 7) is 7.83. The highest BCUT2D eigenvalue weighted by Crippen LogP contribution is 2.44. The smallest absolute Gasteiger partial charge is 0.133 e. The number of phenols is 4. The fourth-order valence-corrected chi connectivity index (χ4v) is 6.16. The van der Waals surface area contributed by atoms with Crippen molar-refractivity contribution in [3.63, 3.8) is 0 Å². The van der Waals surface area contributed by atoms with Crippen molar-refractivity contribution in [3.05, 3.63) is 94.0 Å². The number of hydrogen-bond donors (Lipinski definition) is 4. The minimum Gasteiger partial charge on any atom is -0.507 e. The van der Waals surface area contributed by atoms with Crippen molar-refractivity contribution >= 4 is 23.5 Å². The maximum atomic E-state index is 11.1. The molecule has 0 atom stereocenters. The van der Waals surface area contributed by atoms with E-state index >= 15 is 0 Å². The molecular weight excluding hydrogens is 476 g/mol. The van der Waals surface area contributed by atoms with Gasteiger partial charge in [-0.1, -0.05) is 47.8 Å². The van der Waals surface area contributed by atoms with Gasteiger partial charge in [0.15, 0.2) is 0 Å². The quantitative estimate of drug-likeness (QED) is 0.216. The zero-order chi connectivity index (χ0) is 25.3. The minimum atomic E-state index is 0.132. The Morgan fingerprint density at radius 2 is 0.857 bits per heavy atom. The lowest BCUT2D eigenvalue weighted by molar-refractivity contribution is 0.449. The average molecular weight is 505 g/mol. The first-order chi connectivity index (χ1) is 16.6. The van der Waals surface area contributed by atoms with E-state index in [4.69, 9.17) is 0 Å². The van der Waals surface area contributed by atoms with E-state index in [1.165, 1.54) is 23.5 Å². The highest BCUT2D eigenvalue weighted by atomic mass is 32.2. The van der Waals surface area contributed by atoms with Crippen molar-refractivity contribution in [1.82, 2.24) is 0 Å². The number of phenolic OH excluding ortho intramolecular Hbond substituents is 4. The molecule has 0 spiro atoms. The van der Waals surface area contributed by atoms with Gasteiger partial charge >= 0.3 is 0 Å². The van der Waals surface area contributed by atoms with Crippen LogP contribution < -0.4 is 0 Å². The van der Waals surface area contributed by atoms with E-state index in [1.807, 2.05) is 76.2 Å². The van der Waals surface area contributed by atoms with Crippen LogP contribution in [0.15, 0.2) is 80.2 Å². The van der Waals surface area contributed by atoms with Crippen molar-refractivity contribution in [2.75, 3.05) is 0 Å². The Morgan fingerprint density at radius 1 is 0.486 bits per heavy atom. The lowest BCUT2D eigenvalue weighted by atomic mass is 10.00. The van der Waals surface area contributed by atoms with Crippen molar-refractivity contribution in [2.45, 2.75) is 53.7 Å². The number of aryl methyl sites for hydroxylation is 4. The molecule has 0 bridgehead atoms. The van der Waals surface area contributed by atoms with Crippen LogP contribution in [-0.4, -0.2) is 20.4 Å². The first-order valence-electron chi connectivity index (χ1n) is 11.2. The predicted octanol–water partition coefficient (Wildman–Crippen LogP) is 7.64. The Balaban J connectivity index is 1.68. The fraction of sp³-hybridized carbons (Fsp3) is 0.172. The molecule has 0 aliphatic carbocycles. The molecule has 0 radical (unpaired) electrons. The van der Waals surface area contributed by atoms with E-state index in [9.17, 15) is 20.4 Å². The fourth-order valence-electron chi connectivity index (χ4n) is 3.91. The summed E-state index contributed by atoms with van der Waals surface area (Å²) in [5.74, 6) is 0.599. The van der Waals surface area contributed by atoms with Gasteiger partial charge in [-0.05, 0) is 97.5 Å². The van der Waals surface area contributed by atoms with Crippen LogP contribution in [-0.2, 0) is 6.42 Å². The molecule has 4 N–H and O–H groups in total. The minimum absolute atomic E-state index is 0.132. The molecule has 4 aromatic rings. The molecule has 35 heavy (non-hydrogen) atoms. The zero-order valence-electron chi connectivity index (χ0n) is 20.1. The Morgan fingerprint density at radius 3 is 1.26 bits per heavy atom. The molecule has 0 fully saturated rings. The summed E-state index contributed by atoms with van der Waals surface area (Å²) in [6.07, 6.45) is 0.335. The molecule has 0 amide bonds. The zero-order valence-corrected chi connectivity index (χ0v) is 21.7. The van der Waals surface area contributed by atoms with Gasteiger partial charge in [0.05, 0.1) is 19.6 Å². The van der Waals surface area contributed by atoms with Crippen LogP contribution in [0.1, 0.15) is 33.4 Å². The van der Waals surface area contributed by atoms with E-state index in [0.717, 1.165) is 22.3 Å². The second-order valence-electron chi connectivity index (χ2n) is 8.86. The Bertz CT molecular complexity index is 1310. The van der Waals surface area contributed by atoms with Crippen LogP contribution >= 0.6 is 23.5 Å². The van der Waals surface area contributed by atoms with Gasteiger partial charge in [-0.3, -0.25) is 0 Å². The Labute approximate surface area is 214 Å². The summed E-state index contributed by atoms with van der Waals surface area (Å²) in [5.41, 5.74) is 5.36. The van der Waals surface area contributed by atoms with E-state index in [-0.39, 0.29) is 23.0 Å². The molecular formula is C29H28O4S2. The number of aromatic hydroxyl groups is 4. The van der Waals surface area contributed by atoms with Gasteiger partial charge in [-0.25, -0.2) is 0 Å². The number of benzene rings is 4. The highest BCUT2D eigenvalue weighted by molar-refractivity contribution is 7.99. The van der Waals surface area contributed by atoms with Gasteiger partial charge in [-0.2, -0.15) is 0 Å². The summed E-state index contributed by atoms with van der Waals surface area (Å²) in [4.78, 5) is 2.64. The van der Waals surface area contributed by atoms with E-state index < -0.39 is 0 Å². The van der Waals surface area contributed by atoms with Gasteiger partial charge < -0.3 is 20.4 Å². The molecule has 0 saturated carbocycles. The lowest BCUT2D eigenvalue weighted by Crippen LogP contribution is -1.95. The Kier molecular flexibility index (Phi) is 7.24. The maximum absolute atomic E-state index is 11.1. The molecule has 180 valence electrons. The van der Waals surface area contributed by atoms with Crippen LogP contribution in [0.5, 0.6) is 23.0 Å². The standard InChI is InChI=1S/C29H28O4S2/c1-16-5-7-22(30)24(11-16)34-26-13-18(3)9-20(28(26)32)15-21-10-19(4)14-27(29(21)33)35-25-12-17(2)6-8-23(25)31/h5-14,30-33H,15H2,1-4H3. The number of rotatable bonds is 6. The molecule has 0 unspecified atom stereocenters. The topological polar surface area (TPSA) is 80.9 Å². The van der Waals surface area contributed by atoms with Crippen LogP contribution in [0.3, 0.4) is 0 Å².